The van der Waals surface area contributed by atoms with Crippen molar-refractivity contribution in [3.8, 4) is 39.9 Å². The average Bonchev–Trinajstić information content (AvgIpc) is 2.74. The number of aromatic carboxylic acids is 1. The molecule has 0 bridgehead atoms. The fraction of sp³-hybridized carbons (Fsp3) is 0.125. The van der Waals surface area contributed by atoms with Crippen molar-refractivity contribution in [1.29, 1.82) is 0 Å². The van der Waals surface area contributed by atoms with Crippen LogP contribution in [0.25, 0.3) is 11.1 Å². The Hall–Kier alpha value is -4.57. The molecule has 0 amide bonds. The van der Waals surface area contributed by atoms with Crippen LogP contribution in [0.3, 0.4) is 0 Å². The molecule has 172 valence electrons. The Balaban J connectivity index is 1.92. The molecule has 0 aromatic heterocycles. The SMILES string of the molecule is Cc1cc2c(c(O)c1C(=O)O)-c1c(O)c3c(c(O)c1C[C@@H]2O)C(=O)c1c(O)cc(O)cc1C3=O. The first-order valence-corrected chi connectivity index (χ1v) is 9.99. The quantitative estimate of drug-likeness (QED) is 0.205. The Bertz CT molecular complexity index is 1520. The summed E-state index contributed by atoms with van der Waals surface area (Å²) in [5.41, 5.74) is -3.23. The predicted octanol–water partition coefficient (Wildman–Crippen LogP) is 2.25. The molecule has 5 rings (SSSR count). The van der Waals surface area contributed by atoms with E-state index in [9.17, 15) is 50.1 Å². The highest BCUT2D eigenvalue weighted by atomic mass is 16.4. The van der Waals surface area contributed by atoms with E-state index in [-0.39, 0.29) is 34.2 Å². The zero-order valence-corrected chi connectivity index (χ0v) is 17.4. The zero-order valence-electron chi connectivity index (χ0n) is 17.4. The van der Waals surface area contributed by atoms with Crippen molar-refractivity contribution in [2.75, 3.05) is 0 Å². The number of rotatable bonds is 1. The summed E-state index contributed by atoms with van der Waals surface area (Å²) in [7, 11) is 0. The number of aliphatic hydroxyl groups excluding tert-OH is 1. The Morgan fingerprint density at radius 1 is 0.824 bits per heavy atom. The number of aryl methyl sites for hydroxylation is 1. The highest BCUT2D eigenvalue weighted by Gasteiger charge is 2.42. The van der Waals surface area contributed by atoms with Crippen LogP contribution in [0.15, 0.2) is 18.2 Å². The zero-order chi connectivity index (χ0) is 24.8. The number of carbonyl (C=O) groups is 3. The highest BCUT2D eigenvalue weighted by molar-refractivity contribution is 6.32. The van der Waals surface area contributed by atoms with E-state index in [0.717, 1.165) is 12.1 Å². The molecule has 0 heterocycles. The molecule has 3 aromatic rings. The molecule has 0 fully saturated rings. The molecule has 2 aliphatic rings. The van der Waals surface area contributed by atoms with Gasteiger partial charge >= 0.3 is 5.97 Å². The predicted molar refractivity (Wildman–Crippen MR) is 114 cm³/mol. The minimum absolute atomic E-state index is 0.0624. The van der Waals surface area contributed by atoms with Crippen molar-refractivity contribution in [3.63, 3.8) is 0 Å². The van der Waals surface area contributed by atoms with Crippen LogP contribution in [0.1, 0.15) is 65.0 Å². The van der Waals surface area contributed by atoms with Gasteiger partial charge in [-0.1, -0.05) is 6.07 Å². The van der Waals surface area contributed by atoms with Gasteiger partial charge in [0.15, 0.2) is 5.78 Å². The van der Waals surface area contributed by atoms with Crippen molar-refractivity contribution >= 4 is 17.5 Å². The Morgan fingerprint density at radius 3 is 2.12 bits per heavy atom. The molecule has 3 aromatic carbocycles. The van der Waals surface area contributed by atoms with Crippen LogP contribution in [0.4, 0.5) is 0 Å². The number of carboxylic acids is 1. The molecule has 0 saturated carbocycles. The van der Waals surface area contributed by atoms with Gasteiger partial charge in [0.1, 0.15) is 34.3 Å². The van der Waals surface area contributed by atoms with Gasteiger partial charge in [-0.05, 0) is 24.1 Å². The smallest absolute Gasteiger partial charge is 0.339 e. The van der Waals surface area contributed by atoms with Crippen molar-refractivity contribution in [2.24, 2.45) is 0 Å². The lowest BCUT2D eigenvalue weighted by Gasteiger charge is -2.31. The van der Waals surface area contributed by atoms with Crippen molar-refractivity contribution in [3.05, 3.63) is 62.7 Å². The van der Waals surface area contributed by atoms with Gasteiger partial charge in [0.2, 0.25) is 5.78 Å². The number of aromatic hydroxyl groups is 5. The fourth-order valence-corrected chi connectivity index (χ4v) is 4.90. The van der Waals surface area contributed by atoms with Gasteiger partial charge in [0.05, 0.1) is 22.8 Å². The summed E-state index contributed by atoms with van der Waals surface area (Å²) >= 11 is 0. The van der Waals surface area contributed by atoms with E-state index in [0.29, 0.717) is 0 Å². The summed E-state index contributed by atoms with van der Waals surface area (Å²) in [6.07, 6.45) is -1.67. The average molecular weight is 464 g/mol. The number of benzene rings is 3. The molecule has 1 atom stereocenters. The van der Waals surface area contributed by atoms with Gasteiger partial charge < -0.3 is 35.7 Å². The molecule has 0 unspecified atom stereocenters. The van der Waals surface area contributed by atoms with Crippen molar-refractivity contribution in [1.82, 2.24) is 0 Å². The Labute approximate surface area is 190 Å². The topological polar surface area (TPSA) is 193 Å². The molecule has 0 aliphatic heterocycles. The molecule has 0 saturated heterocycles. The van der Waals surface area contributed by atoms with Gasteiger partial charge in [0, 0.05) is 34.7 Å². The molecule has 34 heavy (non-hydrogen) atoms. The molecule has 0 spiro atoms. The van der Waals surface area contributed by atoms with E-state index in [1.54, 1.807) is 0 Å². The lowest BCUT2D eigenvalue weighted by Crippen LogP contribution is -2.24. The maximum Gasteiger partial charge on any atom is 0.339 e. The van der Waals surface area contributed by atoms with E-state index in [1.165, 1.54) is 13.0 Å². The van der Waals surface area contributed by atoms with Gasteiger partial charge in [-0.2, -0.15) is 0 Å². The van der Waals surface area contributed by atoms with E-state index in [2.05, 4.69) is 0 Å². The largest absolute Gasteiger partial charge is 0.508 e. The van der Waals surface area contributed by atoms with Gasteiger partial charge in [-0.15, -0.1) is 0 Å². The van der Waals surface area contributed by atoms with Gasteiger partial charge in [-0.3, -0.25) is 9.59 Å². The normalized spacial score (nSPS) is 15.9. The number of phenolic OH excluding ortho intramolecular Hbond substituents is 4. The summed E-state index contributed by atoms with van der Waals surface area (Å²) in [6.45, 7) is 1.41. The number of aliphatic hydroxyl groups is 1. The fourth-order valence-electron chi connectivity index (χ4n) is 4.90. The lowest BCUT2D eigenvalue weighted by atomic mass is 9.74. The number of carbonyl (C=O) groups excluding carboxylic acids is 2. The third-order valence-electron chi connectivity index (χ3n) is 6.33. The standard InChI is InChI=1S/C24H16O10/c1-6-2-8-11(26)5-10-16(15(8)21(30)13(6)24(33)34)23(32)18-17(20(10)29)22(31)14-9(19(18)28)3-7(25)4-12(14)27/h2-4,11,25-27,29-30,32H,5H2,1H3,(H,33,34)/t11-/m0/s1. The molecule has 2 aliphatic carbocycles. The van der Waals surface area contributed by atoms with Crippen LogP contribution in [0.2, 0.25) is 0 Å². The minimum Gasteiger partial charge on any atom is -0.508 e. The summed E-state index contributed by atoms with van der Waals surface area (Å²) in [5, 5.41) is 73.2. The van der Waals surface area contributed by atoms with Crippen LogP contribution < -0.4 is 0 Å². The molecule has 10 heteroatoms. The van der Waals surface area contributed by atoms with E-state index >= 15 is 0 Å². The summed E-state index contributed by atoms with van der Waals surface area (Å²) < 4.78 is 0. The molecule has 0 radical (unpaired) electrons. The van der Waals surface area contributed by atoms with E-state index in [4.69, 9.17) is 0 Å². The first-order chi connectivity index (χ1) is 16.0. The number of carboxylic acid groups (broad SMARTS) is 1. The second-order valence-corrected chi connectivity index (χ2v) is 8.25. The summed E-state index contributed by atoms with van der Waals surface area (Å²) in [5.74, 6) is -7.08. The van der Waals surface area contributed by atoms with Crippen LogP contribution in [-0.2, 0) is 6.42 Å². The summed E-state index contributed by atoms with van der Waals surface area (Å²) in [6, 6.07) is 3.09. The molecular formula is C24H16O10. The maximum absolute atomic E-state index is 13.3. The van der Waals surface area contributed by atoms with E-state index in [1.807, 2.05) is 0 Å². The first kappa shape index (κ1) is 21.3. The van der Waals surface area contributed by atoms with Crippen LogP contribution in [0, 0.1) is 6.92 Å². The molecule has 7 N–H and O–H groups in total. The third-order valence-corrected chi connectivity index (χ3v) is 6.33. The van der Waals surface area contributed by atoms with Crippen LogP contribution >= 0.6 is 0 Å². The molecular weight excluding hydrogens is 448 g/mol. The lowest BCUT2D eigenvalue weighted by molar-refractivity contribution is 0.0692. The van der Waals surface area contributed by atoms with Crippen LogP contribution in [0.5, 0.6) is 28.7 Å². The Kier molecular flexibility index (Phi) is 4.21. The second-order valence-electron chi connectivity index (χ2n) is 8.25. The summed E-state index contributed by atoms with van der Waals surface area (Å²) in [4.78, 5) is 38.1. The first-order valence-electron chi connectivity index (χ1n) is 9.99. The number of phenols is 5. The second kappa shape index (κ2) is 6.72. The van der Waals surface area contributed by atoms with E-state index < -0.39 is 80.2 Å². The molecule has 10 nitrogen and oxygen atoms in total. The maximum atomic E-state index is 13.3. The Morgan fingerprint density at radius 2 is 1.47 bits per heavy atom. The van der Waals surface area contributed by atoms with Crippen LogP contribution in [-0.4, -0.2) is 53.3 Å². The number of fused-ring (bicyclic) bond motifs is 5. The van der Waals surface area contributed by atoms with Gasteiger partial charge in [0.25, 0.3) is 0 Å². The minimum atomic E-state index is -1.48. The van der Waals surface area contributed by atoms with Gasteiger partial charge in [-0.25, -0.2) is 4.79 Å². The monoisotopic (exact) mass is 464 g/mol. The number of hydrogen-bond donors (Lipinski definition) is 7. The van der Waals surface area contributed by atoms with Crippen molar-refractivity contribution < 1.29 is 50.1 Å². The third kappa shape index (κ3) is 2.51. The highest BCUT2D eigenvalue weighted by Crippen LogP contribution is 2.55. The van der Waals surface area contributed by atoms with Crippen molar-refractivity contribution in [2.45, 2.75) is 19.4 Å². The number of hydrogen-bond acceptors (Lipinski definition) is 9. The number of ketones is 2.